The van der Waals surface area contributed by atoms with Crippen LogP contribution in [-0.2, 0) is 10.8 Å². The molecule has 0 N–H and O–H groups in total. The van der Waals surface area contributed by atoms with Crippen molar-refractivity contribution in [3.63, 3.8) is 0 Å². The van der Waals surface area contributed by atoms with Gasteiger partial charge in [0.15, 0.2) is 0 Å². The summed E-state index contributed by atoms with van der Waals surface area (Å²) in [5.74, 6) is 0.936. The maximum absolute atomic E-state index is 5.47. The molecule has 1 heterocycles. The molecule has 0 atom stereocenters. The van der Waals surface area contributed by atoms with Crippen LogP contribution in [0.1, 0.15) is 56.4 Å². The van der Waals surface area contributed by atoms with E-state index in [1.807, 2.05) is 0 Å². The highest BCUT2D eigenvalue weighted by Gasteiger charge is 2.35. The van der Waals surface area contributed by atoms with Gasteiger partial charge in [-0.25, -0.2) is 4.98 Å². The number of para-hydroxylation sites is 3. The van der Waals surface area contributed by atoms with Crippen LogP contribution in [0.5, 0.6) is 0 Å². The number of nitrogens with zero attached hydrogens (tertiary/aromatic N) is 2. The van der Waals surface area contributed by atoms with Crippen LogP contribution >= 0.6 is 0 Å². The quantitative estimate of drug-likeness (QED) is 0.163. The maximum atomic E-state index is 5.47. The van der Waals surface area contributed by atoms with Crippen molar-refractivity contribution < 1.29 is 0 Å². The molecule has 0 unspecified atom stereocenters. The van der Waals surface area contributed by atoms with Crippen LogP contribution in [0.15, 0.2) is 189 Å². The predicted octanol–water partition coefficient (Wildman–Crippen LogP) is 15.4. The number of rotatable bonds is 4. The Bertz CT molecular complexity index is 3300. The number of benzene rings is 8. The largest absolute Gasteiger partial charge is 0.292 e. The van der Waals surface area contributed by atoms with Crippen LogP contribution in [0.2, 0.25) is 0 Å². The van der Waals surface area contributed by atoms with Gasteiger partial charge in [0.25, 0.3) is 0 Å². The highest BCUT2D eigenvalue weighted by molar-refractivity contribution is 6.22. The number of allylic oxidation sites excluding steroid dienone is 5. The molecule has 0 bridgehead atoms. The van der Waals surface area contributed by atoms with E-state index in [0.717, 1.165) is 40.1 Å². The van der Waals surface area contributed by atoms with Crippen molar-refractivity contribution in [3.8, 4) is 50.5 Å². The van der Waals surface area contributed by atoms with Gasteiger partial charge in [-0.15, -0.1) is 0 Å². The fourth-order valence-corrected chi connectivity index (χ4v) is 10.2. The molecule has 0 saturated heterocycles. The predicted molar refractivity (Wildman–Crippen MR) is 255 cm³/mol. The second-order valence-electron chi connectivity index (χ2n) is 17.7. The number of hydrogen-bond donors (Lipinski definition) is 0. The Morgan fingerprint density at radius 1 is 0.517 bits per heavy atom. The summed E-state index contributed by atoms with van der Waals surface area (Å²) in [6, 6.07) is 58.4. The van der Waals surface area contributed by atoms with E-state index in [9.17, 15) is 0 Å². The maximum Gasteiger partial charge on any atom is 0.146 e. The molecule has 8 aromatic carbocycles. The topological polar surface area (TPSA) is 17.8 Å². The zero-order chi connectivity index (χ0) is 40.8. The minimum Gasteiger partial charge on any atom is -0.292 e. The van der Waals surface area contributed by atoms with E-state index in [1.165, 1.54) is 77.2 Å². The van der Waals surface area contributed by atoms with Gasteiger partial charge in [-0.2, -0.15) is 0 Å². The smallest absolute Gasteiger partial charge is 0.146 e. The van der Waals surface area contributed by atoms with E-state index in [0.29, 0.717) is 0 Å². The van der Waals surface area contributed by atoms with Gasteiger partial charge in [0.05, 0.1) is 11.0 Å². The van der Waals surface area contributed by atoms with Gasteiger partial charge >= 0.3 is 0 Å². The summed E-state index contributed by atoms with van der Waals surface area (Å²) in [4.78, 5) is 5.47. The molecule has 1 aromatic heterocycles. The summed E-state index contributed by atoms with van der Waals surface area (Å²) >= 11 is 0. The zero-order valence-corrected chi connectivity index (χ0v) is 34.6. The Morgan fingerprint density at radius 2 is 1.18 bits per heavy atom. The lowest BCUT2D eigenvalue weighted by molar-refractivity contribution is 0.533. The Balaban J connectivity index is 1.23. The van der Waals surface area contributed by atoms with Crippen LogP contribution in [0.3, 0.4) is 0 Å². The first-order valence-electron chi connectivity index (χ1n) is 21.1. The number of fused-ring (bicyclic) bond motifs is 7. The average Bonchev–Trinajstić information content (AvgIpc) is 3.78. The van der Waals surface area contributed by atoms with Crippen molar-refractivity contribution >= 4 is 38.2 Å². The van der Waals surface area contributed by atoms with Crippen LogP contribution in [0.4, 0.5) is 0 Å². The third kappa shape index (κ3) is 5.51. The fraction of sp³-hybridized carbons (Fsp3) is 0.121. The molecule has 0 fully saturated rings. The molecular weight excluding hydrogens is 725 g/mol. The van der Waals surface area contributed by atoms with E-state index in [1.54, 1.807) is 0 Å². The van der Waals surface area contributed by atoms with Crippen molar-refractivity contribution in [2.45, 2.75) is 44.9 Å². The summed E-state index contributed by atoms with van der Waals surface area (Å²) < 4.78 is 2.34. The minimum atomic E-state index is -0.0762. The standard InChI is InChI=1S/C58H46N2/c1-37-18-8-7-17-33-57(2,3)51-36-39(27-30-42(37)51)38-28-31-46-48(34-38)54(40-29-32-50-47(35-40)43-21-13-14-24-49(43)58(50,4)5)44-22-11-12-23-45(44)55(46)56-59-52-25-15-16-26-53(52)60(56)41-19-9-6-10-20-41/h6-32,34-36H,1,33H2,2-5H3/b17-7-,18-8-. The molecule has 0 amide bonds. The first-order chi connectivity index (χ1) is 29.2. The molecule has 0 aliphatic heterocycles. The molecule has 60 heavy (non-hydrogen) atoms. The summed E-state index contributed by atoms with van der Waals surface area (Å²) in [6.45, 7) is 13.9. The van der Waals surface area contributed by atoms with E-state index < -0.39 is 0 Å². The molecule has 2 heteroatoms. The number of aromatic nitrogens is 2. The molecule has 0 spiro atoms. The molecule has 2 nitrogen and oxygen atoms in total. The highest BCUT2D eigenvalue weighted by atomic mass is 15.1. The first kappa shape index (κ1) is 36.1. The molecule has 0 saturated carbocycles. The van der Waals surface area contributed by atoms with E-state index in [2.05, 4.69) is 221 Å². The first-order valence-corrected chi connectivity index (χ1v) is 21.1. The highest BCUT2D eigenvalue weighted by Crippen LogP contribution is 2.52. The van der Waals surface area contributed by atoms with E-state index in [-0.39, 0.29) is 10.8 Å². The van der Waals surface area contributed by atoms with Crippen LogP contribution < -0.4 is 0 Å². The SMILES string of the molecule is C=C1/C=C\C=C/CC(C)(C)c2cc(-c3ccc4c(-c5nc6ccccc6n5-c5ccccc5)c5ccccc5c(-c5ccc6c(c5)-c5ccccc5C6(C)C)c4c3)ccc21. The third-order valence-electron chi connectivity index (χ3n) is 13.3. The molecule has 2 aliphatic rings. The normalized spacial score (nSPS) is 16.2. The second-order valence-corrected chi connectivity index (χ2v) is 17.7. The lowest BCUT2D eigenvalue weighted by Gasteiger charge is -2.27. The summed E-state index contributed by atoms with van der Waals surface area (Å²) in [5, 5.41) is 4.77. The van der Waals surface area contributed by atoms with Gasteiger partial charge < -0.3 is 0 Å². The van der Waals surface area contributed by atoms with Crippen molar-refractivity contribution in [1.29, 1.82) is 0 Å². The second kappa shape index (κ2) is 13.5. The van der Waals surface area contributed by atoms with E-state index in [4.69, 9.17) is 4.98 Å². The van der Waals surface area contributed by atoms with Crippen LogP contribution in [-0.4, -0.2) is 9.55 Å². The fourth-order valence-electron chi connectivity index (χ4n) is 10.2. The Kier molecular flexibility index (Phi) is 8.12. The molecular formula is C58H46N2. The lowest BCUT2D eigenvalue weighted by atomic mass is 9.76. The van der Waals surface area contributed by atoms with Gasteiger partial charge in [-0.1, -0.05) is 174 Å². The lowest BCUT2D eigenvalue weighted by Crippen LogP contribution is -2.18. The molecule has 0 radical (unpaired) electrons. The Labute approximate surface area is 352 Å². The van der Waals surface area contributed by atoms with E-state index >= 15 is 0 Å². The molecule has 2 aliphatic carbocycles. The third-order valence-corrected chi connectivity index (χ3v) is 13.3. The summed E-state index contributed by atoms with van der Waals surface area (Å²) in [7, 11) is 0. The van der Waals surface area contributed by atoms with Gasteiger partial charge in [0, 0.05) is 16.7 Å². The van der Waals surface area contributed by atoms with Crippen LogP contribution in [0.25, 0.3) is 88.6 Å². The zero-order valence-electron chi connectivity index (χ0n) is 34.6. The Morgan fingerprint density at radius 3 is 2.03 bits per heavy atom. The number of hydrogen-bond acceptors (Lipinski definition) is 1. The van der Waals surface area contributed by atoms with Crippen molar-refractivity contribution in [2.75, 3.05) is 0 Å². The monoisotopic (exact) mass is 770 g/mol. The van der Waals surface area contributed by atoms with Crippen molar-refractivity contribution in [1.82, 2.24) is 9.55 Å². The van der Waals surface area contributed by atoms with Gasteiger partial charge in [-0.05, 0) is 137 Å². The van der Waals surface area contributed by atoms with Gasteiger partial charge in [-0.3, -0.25) is 4.57 Å². The van der Waals surface area contributed by atoms with Crippen molar-refractivity contribution in [2.24, 2.45) is 0 Å². The average molecular weight is 771 g/mol. The van der Waals surface area contributed by atoms with Crippen LogP contribution in [0, 0.1) is 0 Å². The molecule has 11 rings (SSSR count). The van der Waals surface area contributed by atoms with Crippen molar-refractivity contribution in [3.05, 3.63) is 211 Å². The molecule has 9 aromatic rings. The number of imidazole rings is 1. The van der Waals surface area contributed by atoms with Gasteiger partial charge in [0.1, 0.15) is 5.82 Å². The summed E-state index contributed by atoms with van der Waals surface area (Å²) in [5.41, 5.74) is 17.9. The summed E-state index contributed by atoms with van der Waals surface area (Å²) in [6.07, 6.45) is 9.61. The van der Waals surface area contributed by atoms with Gasteiger partial charge in [0.2, 0.25) is 0 Å². The minimum absolute atomic E-state index is 0.0733. The molecule has 288 valence electrons. The Hall–Kier alpha value is -7.03.